The molecule has 2 aromatic carbocycles. The molecular weight excluding hydrogens is 386 g/mol. The number of allylic oxidation sites excluding steroid dienone is 1. The summed E-state index contributed by atoms with van der Waals surface area (Å²) in [5.41, 5.74) is 6.31. The third kappa shape index (κ3) is 4.50. The standard InChI is InChI=1S/C26H31N3O2/c1-18-19(2)25-24(26(30)29(17-31-25)23-7-4-3-5-8-23)16-21(18)15-20-9-11-22(12-10-20)28-14-6-13-27/h6,9-14,16,23,27-28H,3-5,7-8,15,17H2,1-2H3/b14-6-,27-13?. The second kappa shape index (κ2) is 9.38. The number of anilines is 1. The fraction of sp³-hybridized carbons (Fsp3) is 0.385. The molecule has 5 heteroatoms. The Bertz CT molecular complexity index is 989. The van der Waals surface area contributed by atoms with Crippen molar-refractivity contribution in [1.82, 2.24) is 4.90 Å². The number of nitrogens with zero attached hydrogens (tertiary/aromatic N) is 1. The smallest absolute Gasteiger partial charge is 0.260 e. The van der Waals surface area contributed by atoms with Crippen molar-refractivity contribution in [1.29, 1.82) is 5.41 Å². The van der Waals surface area contributed by atoms with E-state index in [-0.39, 0.29) is 5.91 Å². The number of hydrogen-bond donors (Lipinski definition) is 2. The minimum absolute atomic E-state index is 0.120. The van der Waals surface area contributed by atoms with E-state index in [1.807, 2.05) is 23.1 Å². The molecule has 0 saturated heterocycles. The van der Waals surface area contributed by atoms with Crippen LogP contribution < -0.4 is 10.1 Å². The van der Waals surface area contributed by atoms with Crippen molar-refractivity contribution < 1.29 is 9.53 Å². The topological polar surface area (TPSA) is 65.4 Å². The van der Waals surface area contributed by atoms with Crippen LogP contribution in [0.1, 0.15) is 64.7 Å². The average molecular weight is 418 g/mol. The van der Waals surface area contributed by atoms with Crippen LogP contribution in [0.4, 0.5) is 5.69 Å². The van der Waals surface area contributed by atoms with Crippen LogP contribution in [0, 0.1) is 19.3 Å². The molecule has 0 unspecified atom stereocenters. The van der Waals surface area contributed by atoms with Crippen LogP contribution in [-0.2, 0) is 6.42 Å². The molecule has 0 radical (unpaired) electrons. The number of fused-ring (bicyclic) bond motifs is 1. The highest BCUT2D eigenvalue weighted by atomic mass is 16.5. The minimum atomic E-state index is 0.120. The van der Waals surface area contributed by atoms with Gasteiger partial charge in [-0.25, -0.2) is 0 Å². The van der Waals surface area contributed by atoms with Gasteiger partial charge in [-0.15, -0.1) is 0 Å². The maximum Gasteiger partial charge on any atom is 0.260 e. The van der Waals surface area contributed by atoms with Crippen LogP contribution in [0.15, 0.2) is 42.6 Å². The fourth-order valence-corrected chi connectivity index (χ4v) is 4.63. The van der Waals surface area contributed by atoms with Gasteiger partial charge < -0.3 is 20.4 Å². The van der Waals surface area contributed by atoms with Crippen LogP contribution in [0.5, 0.6) is 5.75 Å². The van der Waals surface area contributed by atoms with Crippen LogP contribution in [0.25, 0.3) is 0 Å². The van der Waals surface area contributed by atoms with E-state index in [2.05, 4.69) is 31.3 Å². The highest BCUT2D eigenvalue weighted by Gasteiger charge is 2.33. The van der Waals surface area contributed by atoms with Crippen molar-refractivity contribution in [3.8, 4) is 5.75 Å². The minimum Gasteiger partial charge on any atom is -0.472 e. The molecule has 0 atom stereocenters. The molecule has 1 fully saturated rings. The predicted octanol–water partition coefficient (Wildman–Crippen LogP) is 5.59. The lowest BCUT2D eigenvalue weighted by Crippen LogP contribution is -2.46. The molecule has 1 aliphatic heterocycles. The first-order valence-corrected chi connectivity index (χ1v) is 11.2. The van der Waals surface area contributed by atoms with Gasteiger partial charge in [-0.1, -0.05) is 31.4 Å². The first-order chi connectivity index (χ1) is 15.1. The van der Waals surface area contributed by atoms with Gasteiger partial charge in [0.05, 0.1) is 5.56 Å². The van der Waals surface area contributed by atoms with Gasteiger partial charge in [0.15, 0.2) is 6.73 Å². The Morgan fingerprint density at radius 1 is 1.13 bits per heavy atom. The molecule has 5 nitrogen and oxygen atoms in total. The van der Waals surface area contributed by atoms with Gasteiger partial charge in [-0.05, 0) is 79.6 Å². The van der Waals surface area contributed by atoms with Crippen LogP contribution in [-0.4, -0.2) is 29.8 Å². The van der Waals surface area contributed by atoms with Gasteiger partial charge in [-0.3, -0.25) is 4.79 Å². The quantitative estimate of drug-likeness (QED) is 0.602. The number of rotatable bonds is 6. The highest BCUT2D eigenvalue weighted by molar-refractivity contribution is 5.99. The Balaban J connectivity index is 1.56. The fourth-order valence-electron chi connectivity index (χ4n) is 4.63. The summed E-state index contributed by atoms with van der Waals surface area (Å²) in [7, 11) is 0. The summed E-state index contributed by atoms with van der Waals surface area (Å²) in [5, 5.41) is 10.2. The zero-order valence-corrected chi connectivity index (χ0v) is 18.4. The molecule has 162 valence electrons. The summed E-state index contributed by atoms with van der Waals surface area (Å²) in [6.07, 6.45) is 11.2. The Labute approximate surface area is 184 Å². The average Bonchev–Trinajstić information content (AvgIpc) is 2.80. The van der Waals surface area contributed by atoms with Gasteiger partial charge >= 0.3 is 0 Å². The molecule has 31 heavy (non-hydrogen) atoms. The number of benzene rings is 2. The van der Waals surface area contributed by atoms with Gasteiger partial charge in [0.1, 0.15) is 5.75 Å². The van der Waals surface area contributed by atoms with Crippen LogP contribution >= 0.6 is 0 Å². The van der Waals surface area contributed by atoms with Crippen LogP contribution in [0.2, 0.25) is 0 Å². The van der Waals surface area contributed by atoms with Gasteiger partial charge in [0, 0.05) is 24.1 Å². The van der Waals surface area contributed by atoms with Crippen molar-refractivity contribution in [3.05, 3.63) is 70.4 Å². The lowest BCUT2D eigenvalue weighted by atomic mass is 9.91. The van der Waals surface area contributed by atoms with E-state index in [4.69, 9.17) is 10.1 Å². The summed E-state index contributed by atoms with van der Waals surface area (Å²) in [4.78, 5) is 15.3. The van der Waals surface area contributed by atoms with E-state index in [9.17, 15) is 4.79 Å². The van der Waals surface area contributed by atoms with Crippen LogP contribution in [0.3, 0.4) is 0 Å². The van der Waals surface area contributed by atoms with Crippen molar-refractivity contribution >= 4 is 17.8 Å². The summed E-state index contributed by atoms with van der Waals surface area (Å²) in [6.45, 7) is 4.55. The normalized spacial score (nSPS) is 16.8. The molecule has 0 spiro atoms. The SMILES string of the molecule is Cc1c(Cc2ccc(N/C=C\C=N)cc2)cc2c(c1C)OCN(C1CCCCC1)C2=O. The molecule has 4 rings (SSSR count). The third-order valence-electron chi connectivity index (χ3n) is 6.59. The highest BCUT2D eigenvalue weighted by Crippen LogP contribution is 2.36. The predicted molar refractivity (Wildman–Crippen MR) is 125 cm³/mol. The van der Waals surface area contributed by atoms with Crippen molar-refractivity contribution in [2.75, 3.05) is 12.0 Å². The number of carbonyl (C=O) groups excluding carboxylic acids is 1. The van der Waals surface area contributed by atoms with Gasteiger partial charge in [0.25, 0.3) is 5.91 Å². The van der Waals surface area contributed by atoms with Gasteiger partial charge in [-0.2, -0.15) is 0 Å². The Kier molecular flexibility index (Phi) is 6.40. The Hall–Kier alpha value is -3.08. The van der Waals surface area contributed by atoms with Crippen molar-refractivity contribution in [3.63, 3.8) is 0 Å². The number of nitrogens with one attached hydrogen (secondary N) is 2. The lowest BCUT2D eigenvalue weighted by molar-refractivity contribution is 0.0316. The molecule has 1 heterocycles. The molecular formula is C26H31N3O2. The third-order valence-corrected chi connectivity index (χ3v) is 6.59. The Morgan fingerprint density at radius 3 is 2.58 bits per heavy atom. The van der Waals surface area contributed by atoms with Crippen molar-refractivity contribution in [2.45, 2.75) is 58.4 Å². The number of amides is 1. The van der Waals surface area contributed by atoms with E-state index in [1.165, 1.54) is 42.2 Å². The van der Waals surface area contributed by atoms with Crippen molar-refractivity contribution in [2.24, 2.45) is 0 Å². The molecule has 1 amide bonds. The summed E-state index contributed by atoms with van der Waals surface area (Å²) in [5.74, 6) is 0.880. The first kappa shape index (κ1) is 21.2. The molecule has 1 aliphatic carbocycles. The molecule has 0 bridgehead atoms. The lowest BCUT2D eigenvalue weighted by Gasteiger charge is -2.38. The maximum absolute atomic E-state index is 13.4. The summed E-state index contributed by atoms with van der Waals surface area (Å²) >= 11 is 0. The Morgan fingerprint density at radius 2 is 1.87 bits per heavy atom. The second-order valence-electron chi connectivity index (χ2n) is 8.55. The van der Waals surface area contributed by atoms with E-state index < -0.39 is 0 Å². The number of ether oxygens (including phenoxy) is 1. The molecule has 2 N–H and O–H groups in total. The second-order valence-corrected chi connectivity index (χ2v) is 8.55. The zero-order chi connectivity index (χ0) is 21.8. The molecule has 1 saturated carbocycles. The van der Waals surface area contributed by atoms with E-state index >= 15 is 0 Å². The molecule has 2 aromatic rings. The largest absolute Gasteiger partial charge is 0.472 e. The number of carbonyl (C=O) groups is 1. The number of hydrogen-bond acceptors (Lipinski definition) is 4. The molecule has 2 aliphatic rings. The molecule has 0 aromatic heterocycles. The first-order valence-electron chi connectivity index (χ1n) is 11.2. The van der Waals surface area contributed by atoms with E-state index in [0.717, 1.165) is 36.3 Å². The zero-order valence-electron chi connectivity index (χ0n) is 18.4. The summed E-state index contributed by atoms with van der Waals surface area (Å²) < 4.78 is 6.11. The van der Waals surface area contributed by atoms with E-state index in [1.54, 1.807) is 12.3 Å². The summed E-state index contributed by atoms with van der Waals surface area (Å²) in [6, 6.07) is 10.6. The van der Waals surface area contributed by atoms with Gasteiger partial charge in [0.2, 0.25) is 0 Å². The maximum atomic E-state index is 13.4. The van der Waals surface area contributed by atoms with E-state index in [0.29, 0.717) is 18.3 Å². The monoisotopic (exact) mass is 417 g/mol.